The summed E-state index contributed by atoms with van der Waals surface area (Å²) in [6.45, 7) is 0.0682. The van der Waals surface area contributed by atoms with Gasteiger partial charge < -0.3 is 20.6 Å². The summed E-state index contributed by atoms with van der Waals surface area (Å²) in [6.07, 6.45) is 1.27. The van der Waals surface area contributed by atoms with Crippen LogP contribution in [0.2, 0.25) is 0 Å². The van der Waals surface area contributed by atoms with E-state index in [1.165, 1.54) is 17.0 Å². The van der Waals surface area contributed by atoms with E-state index in [2.05, 4.69) is 5.32 Å². The van der Waals surface area contributed by atoms with Gasteiger partial charge in [-0.3, -0.25) is 19.3 Å². The summed E-state index contributed by atoms with van der Waals surface area (Å²) in [5.41, 5.74) is 2.47. The highest BCUT2D eigenvalue weighted by Crippen LogP contribution is 2.25. The second-order valence-corrected chi connectivity index (χ2v) is 8.86. The fourth-order valence-corrected chi connectivity index (χ4v) is 4.31. The average molecular weight is 505 g/mol. The molecule has 0 bridgehead atoms. The fraction of sp³-hybridized carbons (Fsp3) is 0.276. The number of unbranched alkanes of at least 4 members (excludes halogenated alkanes) is 1. The molecule has 0 aliphatic heterocycles. The molecule has 4 N–H and O–H groups in total. The standard InChI is InChI=1S/C29H32N2O6/c32-24-16-14-21(15-17-24)19-31(20-26(33)34)25(29(36)37)13-7-8-18-30-28(35)27(22-9-3-1-4-10-22)23-11-5-2-6-12-23/h1-6,9-12,14-17,25,27,32H,7-8,13,18-20H2,(H,30,35)(H,33,34)(H,36,37)/t25-/m1/s1. The van der Waals surface area contributed by atoms with E-state index in [1.807, 2.05) is 60.7 Å². The van der Waals surface area contributed by atoms with E-state index >= 15 is 0 Å². The first-order chi connectivity index (χ1) is 17.8. The molecular formula is C29H32N2O6. The Morgan fingerprint density at radius 2 is 1.35 bits per heavy atom. The number of phenolic OH excluding ortho intramolecular Hbond substituents is 1. The molecule has 37 heavy (non-hydrogen) atoms. The van der Waals surface area contributed by atoms with Crippen LogP contribution in [0.5, 0.6) is 5.75 Å². The molecule has 0 heterocycles. The lowest BCUT2D eigenvalue weighted by molar-refractivity contribution is -0.147. The van der Waals surface area contributed by atoms with Gasteiger partial charge in [-0.25, -0.2) is 0 Å². The zero-order valence-corrected chi connectivity index (χ0v) is 20.5. The summed E-state index contributed by atoms with van der Waals surface area (Å²) in [6, 6.07) is 24.3. The average Bonchev–Trinajstić information content (AvgIpc) is 2.88. The predicted octanol–water partition coefficient (Wildman–Crippen LogP) is 3.85. The number of carboxylic acid groups (broad SMARTS) is 2. The van der Waals surface area contributed by atoms with Crippen molar-refractivity contribution in [2.24, 2.45) is 0 Å². The van der Waals surface area contributed by atoms with Gasteiger partial charge in [0.25, 0.3) is 0 Å². The number of carbonyl (C=O) groups is 3. The molecule has 0 saturated heterocycles. The highest BCUT2D eigenvalue weighted by Gasteiger charge is 2.27. The fourth-order valence-electron chi connectivity index (χ4n) is 4.31. The Kier molecular flexibility index (Phi) is 10.2. The summed E-state index contributed by atoms with van der Waals surface area (Å²) in [4.78, 5) is 37.9. The zero-order chi connectivity index (χ0) is 26.6. The first-order valence-electron chi connectivity index (χ1n) is 12.2. The number of carboxylic acids is 2. The van der Waals surface area contributed by atoms with E-state index in [4.69, 9.17) is 0 Å². The Morgan fingerprint density at radius 3 is 1.86 bits per heavy atom. The summed E-state index contributed by atoms with van der Waals surface area (Å²) in [5.74, 6) is -2.73. The Hall–Kier alpha value is -4.17. The van der Waals surface area contributed by atoms with E-state index in [0.717, 1.165) is 11.1 Å². The molecule has 8 heteroatoms. The lowest BCUT2D eigenvalue weighted by atomic mass is 9.90. The number of hydrogen-bond acceptors (Lipinski definition) is 5. The number of hydrogen-bond donors (Lipinski definition) is 4. The number of nitrogens with zero attached hydrogens (tertiary/aromatic N) is 1. The molecule has 1 atom stereocenters. The van der Waals surface area contributed by atoms with Gasteiger partial charge in [0.2, 0.25) is 5.91 Å². The van der Waals surface area contributed by atoms with Crippen molar-refractivity contribution in [2.75, 3.05) is 13.1 Å². The van der Waals surface area contributed by atoms with Crippen LogP contribution in [0, 0.1) is 0 Å². The van der Waals surface area contributed by atoms with Crippen LogP contribution in [0.15, 0.2) is 84.9 Å². The molecule has 0 aliphatic carbocycles. The van der Waals surface area contributed by atoms with Gasteiger partial charge in [0.05, 0.1) is 12.5 Å². The molecule has 1 amide bonds. The van der Waals surface area contributed by atoms with Gasteiger partial charge in [0.1, 0.15) is 11.8 Å². The number of phenols is 1. The highest BCUT2D eigenvalue weighted by molar-refractivity contribution is 5.87. The normalized spacial score (nSPS) is 11.8. The third kappa shape index (κ3) is 8.47. The smallest absolute Gasteiger partial charge is 0.320 e. The van der Waals surface area contributed by atoms with E-state index in [1.54, 1.807) is 12.1 Å². The molecule has 0 saturated carbocycles. The van der Waals surface area contributed by atoms with Crippen LogP contribution in [0.25, 0.3) is 0 Å². The van der Waals surface area contributed by atoms with Crippen LogP contribution in [0.3, 0.4) is 0 Å². The summed E-state index contributed by atoms with van der Waals surface area (Å²) in [7, 11) is 0. The van der Waals surface area contributed by atoms with Gasteiger partial charge in [0.15, 0.2) is 0 Å². The molecule has 8 nitrogen and oxygen atoms in total. The summed E-state index contributed by atoms with van der Waals surface area (Å²) < 4.78 is 0. The number of benzene rings is 3. The number of nitrogens with one attached hydrogen (secondary N) is 1. The Morgan fingerprint density at radius 1 is 0.784 bits per heavy atom. The lowest BCUT2D eigenvalue weighted by Gasteiger charge is -2.27. The van der Waals surface area contributed by atoms with E-state index in [-0.39, 0.29) is 24.6 Å². The molecular weight excluding hydrogens is 472 g/mol. The molecule has 3 aromatic rings. The second kappa shape index (κ2) is 13.8. The molecule has 194 valence electrons. The van der Waals surface area contributed by atoms with Crippen molar-refractivity contribution < 1.29 is 29.7 Å². The predicted molar refractivity (Wildman–Crippen MR) is 139 cm³/mol. The maximum atomic E-state index is 13.1. The maximum absolute atomic E-state index is 13.1. The monoisotopic (exact) mass is 504 g/mol. The lowest BCUT2D eigenvalue weighted by Crippen LogP contribution is -2.43. The van der Waals surface area contributed by atoms with Gasteiger partial charge in [-0.05, 0) is 48.1 Å². The SMILES string of the molecule is O=C(O)CN(Cc1ccc(O)cc1)[C@H](CCCCNC(=O)C(c1ccccc1)c1ccccc1)C(=O)O. The number of aliphatic carboxylic acids is 2. The molecule has 0 spiro atoms. The van der Waals surface area contributed by atoms with Gasteiger partial charge in [0, 0.05) is 13.1 Å². The van der Waals surface area contributed by atoms with Crippen LogP contribution in [0.1, 0.15) is 41.9 Å². The number of aromatic hydroxyl groups is 1. The first-order valence-corrected chi connectivity index (χ1v) is 12.2. The Bertz CT molecular complexity index is 1110. The van der Waals surface area contributed by atoms with Gasteiger partial charge in [-0.1, -0.05) is 72.8 Å². The quantitative estimate of drug-likeness (QED) is 0.246. The Labute approximate surface area is 216 Å². The molecule has 0 unspecified atom stereocenters. The number of carbonyl (C=O) groups excluding carboxylic acids is 1. The van der Waals surface area contributed by atoms with E-state index < -0.39 is 30.4 Å². The van der Waals surface area contributed by atoms with Crippen LogP contribution in [0.4, 0.5) is 0 Å². The van der Waals surface area contributed by atoms with Crippen molar-refractivity contribution in [3.63, 3.8) is 0 Å². The van der Waals surface area contributed by atoms with Crippen LogP contribution in [-0.2, 0) is 20.9 Å². The third-order valence-electron chi connectivity index (χ3n) is 6.12. The summed E-state index contributed by atoms with van der Waals surface area (Å²) >= 11 is 0. The third-order valence-corrected chi connectivity index (χ3v) is 6.12. The molecule has 0 aromatic heterocycles. The van der Waals surface area contributed by atoms with Crippen molar-refractivity contribution in [1.82, 2.24) is 10.2 Å². The van der Waals surface area contributed by atoms with Crippen LogP contribution in [-0.4, -0.2) is 57.2 Å². The zero-order valence-electron chi connectivity index (χ0n) is 20.5. The largest absolute Gasteiger partial charge is 0.508 e. The van der Waals surface area contributed by atoms with E-state index in [9.17, 15) is 29.7 Å². The van der Waals surface area contributed by atoms with Gasteiger partial charge in [-0.2, -0.15) is 0 Å². The summed E-state index contributed by atoms with van der Waals surface area (Å²) in [5, 5.41) is 31.6. The van der Waals surface area contributed by atoms with Crippen molar-refractivity contribution >= 4 is 17.8 Å². The van der Waals surface area contributed by atoms with Crippen molar-refractivity contribution in [1.29, 1.82) is 0 Å². The highest BCUT2D eigenvalue weighted by atomic mass is 16.4. The topological polar surface area (TPSA) is 127 Å². The molecule has 0 radical (unpaired) electrons. The second-order valence-electron chi connectivity index (χ2n) is 8.86. The minimum atomic E-state index is -1.12. The molecule has 3 aromatic carbocycles. The van der Waals surface area contributed by atoms with Gasteiger partial charge >= 0.3 is 11.9 Å². The minimum Gasteiger partial charge on any atom is -0.508 e. The number of amides is 1. The number of rotatable bonds is 14. The minimum absolute atomic E-state index is 0.0761. The molecule has 0 aliphatic rings. The van der Waals surface area contributed by atoms with Crippen LogP contribution >= 0.6 is 0 Å². The Balaban J connectivity index is 1.58. The van der Waals surface area contributed by atoms with Crippen molar-refractivity contribution in [3.8, 4) is 5.75 Å². The molecule has 0 fully saturated rings. The van der Waals surface area contributed by atoms with Gasteiger partial charge in [-0.15, -0.1) is 0 Å². The molecule has 3 rings (SSSR count). The first kappa shape index (κ1) is 27.4. The van der Waals surface area contributed by atoms with E-state index in [0.29, 0.717) is 24.9 Å². The van der Waals surface area contributed by atoms with Crippen molar-refractivity contribution in [2.45, 2.75) is 37.8 Å². The van der Waals surface area contributed by atoms with Crippen molar-refractivity contribution in [3.05, 3.63) is 102 Å². The van der Waals surface area contributed by atoms with Crippen LogP contribution < -0.4 is 5.32 Å². The maximum Gasteiger partial charge on any atom is 0.320 e.